The maximum absolute atomic E-state index is 11.7. The Morgan fingerprint density at radius 1 is 1.44 bits per heavy atom. The fourth-order valence-corrected chi connectivity index (χ4v) is 2.57. The number of nitrogens with one attached hydrogen (secondary N) is 1. The van der Waals surface area contributed by atoms with Gasteiger partial charge in [-0.05, 0) is 25.5 Å². The molecule has 18 heavy (non-hydrogen) atoms. The second kappa shape index (κ2) is 5.91. The van der Waals surface area contributed by atoms with E-state index in [1.807, 2.05) is 38.1 Å². The van der Waals surface area contributed by atoms with Crippen LogP contribution < -0.4 is 0 Å². The average Bonchev–Trinajstić information content (AvgIpc) is 2.78. The summed E-state index contributed by atoms with van der Waals surface area (Å²) >= 11 is 1.42. The monoisotopic (exact) mass is 264 g/mol. The van der Waals surface area contributed by atoms with Crippen LogP contribution in [0.15, 0.2) is 29.4 Å². The van der Waals surface area contributed by atoms with Gasteiger partial charge in [-0.1, -0.05) is 30.8 Å². The predicted octanol–water partition coefficient (Wildman–Crippen LogP) is 3.00. The van der Waals surface area contributed by atoms with E-state index < -0.39 is 0 Å². The number of esters is 1. The molecule has 0 aliphatic heterocycles. The third kappa shape index (κ3) is 2.85. The van der Waals surface area contributed by atoms with Crippen molar-refractivity contribution in [2.24, 2.45) is 0 Å². The van der Waals surface area contributed by atoms with Gasteiger partial charge in [-0.25, -0.2) is 4.98 Å². The summed E-state index contributed by atoms with van der Waals surface area (Å²) in [6.45, 7) is 4.20. The Bertz CT molecular complexity index is 506. The lowest BCUT2D eigenvalue weighted by Gasteiger charge is -2.10. The normalized spacial score (nSPS) is 12.6. The van der Waals surface area contributed by atoms with Crippen molar-refractivity contribution in [3.05, 3.63) is 24.3 Å². The molecule has 2 rings (SSSR count). The first-order chi connectivity index (χ1) is 8.74. The zero-order valence-corrected chi connectivity index (χ0v) is 11.3. The van der Waals surface area contributed by atoms with Crippen molar-refractivity contribution in [1.29, 1.82) is 0 Å². The van der Waals surface area contributed by atoms with E-state index in [1.54, 1.807) is 0 Å². The van der Waals surface area contributed by atoms with E-state index in [-0.39, 0.29) is 11.2 Å². The van der Waals surface area contributed by atoms with Gasteiger partial charge in [-0.2, -0.15) is 0 Å². The van der Waals surface area contributed by atoms with Crippen LogP contribution in [0.25, 0.3) is 11.0 Å². The minimum Gasteiger partial charge on any atom is -0.465 e. The van der Waals surface area contributed by atoms with Crippen LogP contribution in [0.3, 0.4) is 0 Å². The number of thioether (sulfide) groups is 1. The van der Waals surface area contributed by atoms with E-state index in [1.165, 1.54) is 11.8 Å². The summed E-state index contributed by atoms with van der Waals surface area (Å²) < 4.78 is 5.04. The summed E-state index contributed by atoms with van der Waals surface area (Å²) in [7, 11) is 0. The molecule has 1 unspecified atom stereocenters. The number of hydrogen-bond donors (Lipinski definition) is 1. The number of hydrogen-bond acceptors (Lipinski definition) is 4. The first kappa shape index (κ1) is 13.0. The molecule has 1 atom stereocenters. The number of para-hydroxylation sites is 2. The van der Waals surface area contributed by atoms with Crippen molar-refractivity contribution in [1.82, 2.24) is 9.97 Å². The highest BCUT2D eigenvalue weighted by Gasteiger charge is 2.20. The number of benzene rings is 1. The zero-order valence-electron chi connectivity index (χ0n) is 10.5. The second-order valence-corrected chi connectivity index (χ2v) is 5.02. The van der Waals surface area contributed by atoms with Crippen molar-refractivity contribution in [3.8, 4) is 0 Å². The van der Waals surface area contributed by atoms with Gasteiger partial charge in [0.2, 0.25) is 0 Å². The van der Waals surface area contributed by atoms with Crippen LogP contribution in [0.5, 0.6) is 0 Å². The highest BCUT2D eigenvalue weighted by atomic mass is 32.2. The van der Waals surface area contributed by atoms with Gasteiger partial charge in [-0.3, -0.25) is 4.79 Å². The van der Waals surface area contributed by atoms with Crippen LogP contribution in [0.1, 0.15) is 20.3 Å². The van der Waals surface area contributed by atoms with Crippen LogP contribution >= 0.6 is 11.8 Å². The van der Waals surface area contributed by atoms with Crippen molar-refractivity contribution in [3.63, 3.8) is 0 Å². The lowest BCUT2D eigenvalue weighted by molar-refractivity contribution is -0.142. The molecular weight excluding hydrogens is 248 g/mol. The Morgan fingerprint density at radius 3 is 2.89 bits per heavy atom. The Labute approximate surface area is 110 Å². The van der Waals surface area contributed by atoms with Gasteiger partial charge in [0.25, 0.3) is 0 Å². The fraction of sp³-hybridized carbons (Fsp3) is 0.385. The molecule has 0 saturated carbocycles. The first-order valence-electron chi connectivity index (χ1n) is 6.02. The number of rotatable bonds is 5. The molecule has 1 aromatic heterocycles. The Hall–Kier alpha value is -1.49. The Morgan fingerprint density at radius 2 is 2.22 bits per heavy atom. The molecule has 4 nitrogen and oxygen atoms in total. The van der Waals surface area contributed by atoms with E-state index in [0.717, 1.165) is 22.6 Å². The van der Waals surface area contributed by atoms with Crippen molar-refractivity contribution >= 4 is 28.8 Å². The first-order valence-corrected chi connectivity index (χ1v) is 6.90. The SMILES string of the molecule is CCOC(=O)C(CC)Sc1nc2ccccc2[nH]1. The Kier molecular flexibility index (Phi) is 4.25. The summed E-state index contributed by atoms with van der Waals surface area (Å²) in [5, 5.41) is 0.557. The lowest BCUT2D eigenvalue weighted by Crippen LogP contribution is -2.19. The van der Waals surface area contributed by atoms with Crippen LogP contribution in [0.2, 0.25) is 0 Å². The molecule has 2 aromatic rings. The molecule has 96 valence electrons. The van der Waals surface area contributed by atoms with Gasteiger partial charge in [0, 0.05) is 0 Å². The summed E-state index contributed by atoms with van der Waals surface area (Å²) in [6, 6.07) is 7.82. The quantitative estimate of drug-likeness (QED) is 0.666. The number of ether oxygens (including phenoxy) is 1. The van der Waals surface area contributed by atoms with Gasteiger partial charge in [0.05, 0.1) is 17.6 Å². The maximum atomic E-state index is 11.7. The number of aromatic nitrogens is 2. The second-order valence-electron chi connectivity index (χ2n) is 3.83. The molecule has 0 aliphatic carbocycles. The average molecular weight is 264 g/mol. The smallest absolute Gasteiger partial charge is 0.319 e. The van der Waals surface area contributed by atoms with Crippen LogP contribution in [0, 0.1) is 0 Å². The number of imidazole rings is 1. The maximum Gasteiger partial charge on any atom is 0.319 e. The van der Waals surface area contributed by atoms with Gasteiger partial charge in [0.15, 0.2) is 5.16 Å². The molecule has 0 aliphatic rings. The Balaban J connectivity index is 2.13. The summed E-state index contributed by atoms with van der Waals surface area (Å²) in [5.74, 6) is -0.176. The van der Waals surface area contributed by atoms with E-state index in [4.69, 9.17) is 4.74 Å². The van der Waals surface area contributed by atoms with E-state index in [2.05, 4.69) is 9.97 Å². The number of nitrogens with zero attached hydrogens (tertiary/aromatic N) is 1. The topological polar surface area (TPSA) is 55.0 Å². The molecule has 0 fully saturated rings. The van der Waals surface area contributed by atoms with E-state index in [0.29, 0.717) is 6.61 Å². The standard InChI is InChI=1S/C13H16N2O2S/c1-3-11(12(16)17-4-2)18-13-14-9-7-5-6-8-10(9)15-13/h5-8,11H,3-4H2,1-2H3,(H,14,15). The van der Waals surface area contributed by atoms with Gasteiger partial charge in [0.1, 0.15) is 5.25 Å². The number of fused-ring (bicyclic) bond motifs is 1. The predicted molar refractivity (Wildman–Crippen MR) is 72.7 cm³/mol. The summed E-state index contributed by atoms with van der Waals surface area (Å²) in [4.78, 5) is 19.4. The lowest BCUT2D eigenvalue weighted by atomic mass is 10.3. The van der Waals surface area contributed by atoms with Crippen molar-refractivity contribution in [2.45, 2.75) is 30.7 Å². The highest BCUT2D eigenvalue weighted by Crippen LogP contribution is 2.25. The summed E-state index contributed by atoms with van der Waals surface area (Å²) in [6.07, 6.45) is 0.723. The largest absolute Gasteiger partial charge is 0.465 e. The minimum atomic E-state index is -0.203. The van der Waals surface area contributed by atoms with Crippen molar-refractivity contribution in [2.75, 3.05) is 6.61 Å². The van der Waals surface area contributed by atoms with Crippen molar-refractivity contribution < 1.29 is 9.53 Å². The van der Waals surface area contributed by atoms with Crippen LogP contribution in [-0.2, 0) is 9.53 Å². The molecule has 0 amide bonds. The molecule has 0 bridgehead atoms. The molecule has 5 heteroatoms. The molecule has 1 N–H and O–H groups in total. The van der Waals surface area contributed by atoms with Crippen LogP contribution in [0.4, 0.5) is 0 Å². The summed E-state index contributed by atoms with van der Waals surface area (Å²) in [5.41, 5.74) is 1.90. The van der Waals surface area contributed by atoms with Gasteiger partial charge < -0.3 is 9.72 Å². The molecule has 1 aromatic carbocycles. The fourth-order valence-electron chi connectivity index (χ4n) is 1.65. The van der Waals surface area contributed by atoms with E-state index in [9.17, 15) is 4.79 Å². The molecule has 1 heterocycles. The van der Waals surface area contributed by atoms with E-state index >= 15 is 0 Å². The minimum absolute atomic E-state index is 0.176. The highest BCUT2D eigenvalue weighted by molar-refractivity contribution is 8.00. The third-order valence-electron chi connectivity index (χ3n) is 2.54. The third-order valence-corrected chi connectivity index (χ3v) is 3.77. The molecule has 0 spiro atoms. The van der Waals surface area contributed by atoms with Gasteiger partial charge in [-0.15, -0.1) is 0 Å². The van der Waals surface area contributed by atoms with Crippen LogP contribution in [-0.4, -0.2) is 27.8 Å². The molecule has 0 radical (unpaired) electrons. The van der Waals surface area contributed by atoms with Gasteiger partial charge >= 0.3 is 5.97 Å². The number of carbonyl (C=O) groups excluding carboxylic acids is 1. The molecule has 0 saturated heterocycles. The number of carbonyl (C=O) groups is 1. The number of aromatic amines is 1. The number of H-pyrrole nitrogens is 1. The zero-order chi connectivity index (χ0) is 13.0. The molecular formula is C13H16N2O2S.